The highest BCUT2D eigenvalue weighted by Gasteiger charge is 2.39. The van der Waals surface area contributed by atoms with Crippen LogP contribution >= 0.6 is 0 Å². The molecule has 5 heterocycles. The number of ether oxygens (including phenoxy) is 1. The maximum absolute atomic E-state index is 6.71. The predicted molar refractivity (Wildman–Crippen MR) is 216 cm³/mol. The molecule has 252 valence electrons. The summed E-state index contributed by atoms with van der Waals surface area (Å²) in [7, 11) is 0. The lowest BCUT2D eigenvalue weighted by Crippen LogP contribution is -2.30. The molecule has 1 aliphatic heterocycles. The van der Waals surface area contributed by atoms with Crippen molar-refractivity contribution >= 4 is 66.2 Å². The minimum Gasteiger partial charge on any atom is -0.457 e. The molecule has 0 N–H and O–H groups in total. The molecule has 0 saturated carbocycles. The summed E-state index contributed by atoms with van der Waals surface area (Å²) in [5, 5.41) is 5.75. The number of aromatic nitrogens is 4. The summed E-state index contributed by atoms with van der Waals surface area (Å²) in [4.78, 5) is 12.0. The lowest BCUT2D eigenvalue weighted by molar-refractivity contribution is 0.484. The van der Waals surface area contributed by atoms with Crippen molar-refractivity contribution < 1.29 is 4.74 Å². The Morgan fingerprint density at radius 2 is 1.32 bits per heavy atom. The first-order chi connectivity index (χ1) is 26.1. The third kappa shape index (κ3) is 4.26. The van der Waals surface area contributed by atoms with E-state index < -0.39 is 0 Å². The average molecular weight is 684 g/mol. The molecule has 6 heteroatoms. The Morgan fingerprint density at radius 3 is 2.19 bits per heavy atom. The van der Waals surface area contributed by atoms with Gasteiger partial charge < -0.3 is 9.64 Å². The van der Waals surface area contributed by atoms with Crippen molar-refractivity contribution in [2.24, 2.45) is 0 Å². The minimum absolute atomic E-state index is 0.289. The largest absolute Gasteiger partial charge is 0.457 e. The molecule has 0 saturated heterocycles. The molecule has 0 radical (unpaired) electrons. The van der Waals surface area contributed by atoms with Gasteiger partial charge in [0.15, 0.2) is 0 Å². The van der Waals surface area contributed by atoms with Gasteiger partial charge in [-0.25, -0.2) is 9.97 Å². The number of hydrogen-bond donors (Lipinski definition) is 0. The Kier molecular flexibility index (Phi) is 6.20. The van der Waals surface area contributed by atoms with Crippen molar-refractivity contribution in [1.82, 2.24) is 18.9 Å². The highest BCUT2D eigenvalue weighted by atomic mass is 16.5. The second-order valence-corrected chi connectivity index (χ2v) is 14.3. The molecule has 6 nitrogen and oxygen atoms in total. The van der Waals surface area contributed by atoms with Gasteiger partial charge in [-0.2, -0.15) is 0 Å². The van der Waals surface area contributed by atoms with Gasteiger partial charge in [0.2, 0.25) is 0 Å². The number of pyridine rings is 2. The fraction of sp³-hybridized carbons (Fsp3) is 0.0638. The molecule has 0 bridgehead atoms. The normalized spacial score (nSPS) is 13.6. The first-order valence-electron chi connectivity index (χ1n) is 18.0. The van der Waals surface area contributed by atoms with E-state index in [-0.39, 0.29) is 5.41 Å². The average Bonchev–Trinajstić information content (AvgIpc) is 3.82. The van der Waals surface area contributed by atoms with Gasteiger partial charge in [-0.3, -0.25) is 8.97 Å². The van der Waals surface area contributed by atoms with E-state index in [4.69, 9.17) is 14.7 Å². The maximum Gasteiger partial charge on any atom is 0.145 e. The van der Waals surface area contributed by atoms with Crippen molar-refractivity contribution in [3.05, 3.63) is 175 Å². The number of imidazole rings is 1. The molecule has 11 rings (SSSR count). The Bertz CT molecular complexity index is 3070. The molecular formula is C47H33N5O. The summed E-state index contributed by atoms with van der Waals surface area (Å²) in [5.41, 5.74) is 10.00. The van der Waals surface area contributed by atoms with E-state index in [0.717, 1.165) is 61.4 Å². The third-order valence-corrected chi connectivity index (χ3v) is 11.0. The molecular weight excluding hydrogens is 651 g/mol. The van der Waals surface area contributed by atoms with Crippen molar-refractivity contribution in [1.29, 1.82) is 0 Å². The van der Waals surface area contributed by atoms with Crippen molar-refractivity contribution in [3.63, 3.8) is 0 Å². The van der Waals surface area contributed by atoms with Gasteiger partial charge in [-0.05, 0) is 95.4 Å². The van der Waals surface area contributed by atoms with Crippen LogP contribution in [-0.2, 0) is 5.41 Å². The van der Waals surface area contributed by atoms with Crippen LogP contribution in [0.3, 0.4) is 0 Å². The van der Waals surface area contributed by atoms with E-state index in [9.17, 15) is 0 Å². The van der Waals surface area contributed by atoms with Crippen molar-refractivity contribution in [3.8, 4) is 17.3 Å². The Morgan fingerprint density at radius 1 is 0.547 bits per heavy atom. The maximum atomic E-state index is 6.71. The van der Waals surface area contributed by atoms with Crippen LogP contribution in [0.4, 0.5) is 17.1 Å². The van der Waals surface area contributed by atoms with Gasteiger partial charge in [-0.1, -0.05) is 74.5 Å². The quantitative estimate of drug-likeness (QED) is 0.173. The van der Waals surface area contributed by atoms with Crippen LogP contribution < -0.4 is 9.64 Å². The summed E-state index contributed by atoms with van der Waals surface area (Å²) in [6, 6.07) is 51.4. The van der Waals surface area contributed by atoms with Crippen LogP contribution in [0.5, 0.6) is 11.5 Å². The number of rotatable bonds is 4. The van der Waals surface area contributed by atoms with E-state index in [2.05, 4.69) is 161 Å². The second-order valence-electron chi connectivity index (χ2n) is 14.3. The van der Waals surface area contributed by atoms with E-state index in [0.29, 0.717) is 0 Å². The molecule has 0 fully saturated rings. The fourth-order valence-electron chi connectivity index (χ4n) is 8.76. The zero-order chi connectivity index (χ0) is 35.3. The third-order valence-electron chi connectivity index (χ3n) is 11.0. The van der Waals surface area contributed by atoms with Crippen LogP contribution in [0, 0.1) is 0 Å². The van der Waals surface area contributed by atoms with Gasteiger partial charge in [-0.15, -0.1) is 0 Å². The van der Waals surface area contributed by atoms with Gasteiger partial charge in [0.05, 0.1) is 27.9 Å². The molecule has 0 spiro atoms. The minimum atomic E-state index is -0.289. The summed E-state index contributed by atoms with van der Waals surface area (Å²) in [6.45, 7) is 4.71. The lowest BCUT2D eigenvalue weighted by atomic mass is 9.72. The van der Waals surface area contributed by atoms with Crippen LogP contribution in [0.25, 0.3) is 54.9 Å². The molecule has 0 aliphatic carbocycles. The summed E-state index contributed by atoms with van der Waals surface area (Å²) < 4.78 is 11.1. The van der Waals surface area contributed by atoms with E-state index >= 15 is 0 Å². The molecule has 6 aromatic carbocycles. The molecule has 53 heavy (non-hydrogen) atoms. The summed E-state index contributed by atoms with van der Waals surface area (Å²) >= 11 is 0. The Balaban J connectivity index is 1.14. The number of hydrogen-bond acceptors (Lipinski definition) is 4. The number of fused-ring (bicyclic) bond motifs is 12. The molecule has 4 aromatic heterocycles. The zero-order valence-electron chi connectivity index (χ0n) is 29.2. The SMILES string of the molecule is CC1(C)c2ccccc2N(c2ccccc2)c2ccc3c(c21)c1ccc(Oc2ccc4c5ccccc5n5ccnc5c4c2)cc1n3-c1ccccn1. The monoisotopic (exact) mass is 683 g/mol. The van der Waals surface area contributed by atoms with Crippen molar-refractivity contribution in [2.75, 3.05) is 4.90 Å². The number of anilines is 3. The molecule has 0 amide bonds. The topological polar surface area (TPSA) is 47.6 Å². The first-order valence-corrected chi connectivity index (χ1v) is 18.0. The second kappa shape index (κ2) is 11.0. The van der Waals surface area contributed by atoms with Gasteiger partial charge in [0.1, 0.15) is 23.0 Å². The van der Waals surface area contributed by atoms with Gasteiger partial charge in [0, 0.05) is 57.3 Å². The van der Waals surface area contributed by atoms with Crippen LogP contribution in [0.1, 0.15) is 25.0 Å². The molecule has 1 aliphatic rings. The van der Waals surface area contributed by atoms with Crippen LogP contribution in [0.15, 0.2) is 164 Å². The van der Waals surface area contributed by atoms with E-state index in [1.807, 2.05) is 30.7 Å². The van der Waals surface area contributed by atoms with Gasteiger partial charge >= 0.3 is 0 Å². The number of benzene rings is 6. The standard InChI is InChI=1S/C47H33N5O/c1-47(2)37-15-7-9-17-39(37)51(30-12-4-3-5-13-30)41-24-23-40-44(45(41)47)35-22-20-32(29-42(35)52(40)43-18-10-11-25-48-43)53-31-19-21-33-34-14-6-8-16-38(34)50-27-26-49-46(50)36(33)28-31/h3-29H,1-2H3. The van der Waals surface area contributed by atoms with E-state index in [1.54, 1.807) is 0 Å². The number of para-hydroxylation sites is 3. The molecule has 10 aromatic rings. The zero-order valence-corrected chi connectivity index (χ0v) is 29.2. The number of nitrogens with zero attached hydrogens (tertiary/aromatic N) is 5. The van der Waals surface area contributed by atoms with Crippen molar-refractivity contribution in [2.45, 2.75) is 19.3 Å². The fourth-order valence-corrected chi connectivity index (χ4v) is 8.76. The summed E-state index contributed by atoms with van der Waals surface area (Å²) in [6.07, 6.45) is 5.74. The highest BCUT2D eigenvalue weighted by Crippen LogP contribution is 2.55. The van der Waals surface area contributed by atoms with Crippen LogP contribution in [-0.4, -0.2) is 18.9 Å². The predicted octanol–water partition coefficient (Wildman–Crippen LogP) is 12.0. The summed E-state index contributed by atoms with van der Waals surface area (Å²) in [5.74, 6) is 2.37. The molecule has 0 atom stereocenters. The highest BCUT2D eigenvalue weighted by molar-refractivity contribution is 6.15. The first kappa shape index (κ1) is 29.8. The Hall–Kier alpha value is -6.92. The van der Waals surface area contributed by atoms with Gasteiger partial charge in [0.25, 0.3) is 0 Å². The van der Waals surface area contributed by atoms with Crippen LogP contribution in [0.2, 0.25) is 0 Å². The Labute approximate surface area is 305 Å². The lowest BCUT2D eigenvalue weighted by Gasteiger charge is -2.42. The molecule has 0 unspecified atom stereocenters. The van der Waals surface area contributed by atoms with E-state index in [1.165, 1.54) is 33.3 Å². The smallest absolute Gasteiger partial charge is 0.145 e.